The van der Waals surface area contributed by atoms with Crippen molar-refractivity contribution in [3.63, 3.8) is 0 Å². The monoisotopic (exact) mass is 355 g/mol. The molecular weight excluding hydrogens is 338 g/mol. The predicted octanol–water partition coefficient (Wildman–Crippen LogP) is 3.15. The van der Waals surface area contributed by atoms with Crippen molar-refractivity contribution < 1.29 is 13.2 Å². The van der Waals surface area contributed by atoms with Gasteiger partial charge < -0.3 is 10.1 Å². The SMILES string of the molecule is COc1cccc(-c2ccnc(Nc3ccc(S(N)(=O)=O)cc3)c2)c1. The predicted molar refractivity (Wildman–Crippen MR) is 97.3 cm³/mol. The summed E-state index contributed by atoms with van der Waals surface area (Å²) in [5.74, 6) is 1.42. The Bertz CT molecular complexity index is 986. The summed E-state index contributed by atoms with van der Waals surface area (Å²) in [6.07, 6.45) is 1.70. The minimum absolute atomic E-state index is 0.0659. The fourth-order valence-electron chi connectivity index (χ4n) is 2.36. The van der Waals surface area contributed by atoms with Gasteiger partial charge in [-0.15, -0.1) is 0 Å². The number of benzene rings is 2. The van der Waals surface area contributed by atoms with Gasteiger partial charge >= 0.3 is 0 Å². The van der Waals surface area contributed by atoms with Crippen LogP contribution in [0.25, 0.3) is 11.1 Å². The minimum atomic E-state index is -3.70. The van der Waals surface area contributed by atoms with E-state index in [1.54, 1.807) is 25.4 Å². The van der Waals surface area contributed by atoms with Crippen LogP contribution in [0, 0.1) is 0 Å². The quantitative estimate of drug-likeness (QED) is 0.733. The van der Waals surface area contributed by atoms with Gasteiger partial charge in [-0.3, -0.25) is 0 Å². The van der Waals surface area contributed by atoms with Crippen LogP contribution in [-0.2, 0) is 10.0 Å². The molecule has 0 bridgehead atoms. The third-order valence-electron chi connectivity index (χ3n) is 3.62. The molecule has 128 valence electrons. The average molecular weight is 355 g/mol. The Hall–Kier alpha value is -2.90. The second kappa shape index (κ2) is 6.92. The van der Waals surface area contributed by atoms with Gasteiger partial charge in [0.1, 0.15) is 11.6 Å². The molecule has 3 rings (SSSR count). The smallest absolute Gasteiger partial charge is 0.238 e. The van der Waals surface area contributed by atoms with E-state index in [1.807, 2.05) is 36.4 Å². The Morgan fingerprint density at radius 3 is 2.40 bits per heavy atom. The summed E-state index contributed by atoms with van der Waals surface area (Å²) < 4.78 is 27.8. The number of rotatable bonds is 5. The zero-order chi connectivity index (χ0) is 17.9. The van der Waals surface area contributed by atoms with E-state index in [2.05, 4.69) is 10.3 Å². The third kappa shape index (κ3) is 4.14. The molecule has 1 aromatic heterocycles. The molecular formula is C18H17N3O3S. The second-order valence-corrected chi connectivity index (χ2v) is 6.92. The van der Waals surface area contributed by atoms with Crippen molar-refractivity contribution in [3.8, 4) is 16.9 Å². The van der Waals surface area contributed by atoms with Gasteiger partial charge in [-0.25, -0.2) is 18.5 Å². The number of nitrogens with zero attached hydrogens (tertiary/aromatic N) is 1. The number of sulfonamides is 1. The Kier molecular flexibility index (Phi) is 4.69. The van der Waals surface area contributed by atoms with Crippen molar-refractivity contribution in [3.05, 3.63) is 66.9 Å². The van der Waals surface area contributed by atoms with Gasteiger partial charge in [0.05, 0.1) is 12.0 Å². The fraction of sp³-hybridized carbons (Fsp3) is 0.0556. The Morgan fingerprint density at radius 2 is 1.72 bits per heavy atom. The van der Waals surface area contributed by atoms with E-state index in [9.17, 15) is 8.42 Å². The molecule has 0 unspecified atom stereocenters. The number of aromatic nitrogens is 1. The number of ether oxygens (including phenoxy) is 1. The highest BCUT2D eigenvalue weighted by Gasteiger charge is 2.07. The molecule has 0 fully saturated rings. The number of nitrogens with two attached hydrogens (primary N) is 1. The van der Waals surface area contributed by atoms with E-state index < -0.39 is 10.0 Å². The topological polar surface area (TPSA) is 94.3 Å². The van der Waals surface area contributed by atoms with Gasteiger partial charge in [0.15, 0.2) is 0 Å². The molecule has 0 saturated carbocycles. The Labute approximate surface area is 146 Å². The molecule has 0 amide bonds. The fourth-order valence-corrected chi connectivity index (χ4v) is 2.87. The van der Waals surface area contributed by atoms with Crippen LogP contribution in [0.3, 0.4) is 0 Å². The number of methoxy groups -OCH3 is 1. The molecule has 0 spiro atoms. The van der Waals surface area contributed by atoms with Crippen LogP contribution in [0.15, 0.2) is 71.8 Å². The van der Waals surface area contributed by atoms with Crippen molar-refractivity contribution in [2.24, 2.45) is 5.14 Å². The number of hydrogen-bond acceptors (Lipinski definition) is 5. The second-order valence-electron chi connectivity index (χ2n) is 5.36. The number of pyridine rings is 1. The number of primary sulfonamides is 1. The molecule has 1 heterocycles. The van der Waals surface area contributed by atoms with E-state index in [1.165, 1.54) is 12.1 Å². The molecule has 0 saturated heterocycles. The molecule has 0 atom stereocenters. The molecule has 0 aliphatic carbocycles. The first-order chi connectivity index (χ1) is 12.0. The highest BCUT2D eigenvalue weighted by atomic mass is 32.2. The molecule has 3 N–H and O–H groups in total. The lowest BCUT2D eigenvalue weighted by Gasteiger charge is -2.09. The molecule has 7 heteroatoms. The van der Waals surface area contributed by atoms with Gasteiger partial charge in [-0.2, -0.15) is 0 Å². The van der Waals surface area contributed by atoms with E-state index >= 15 is 0 Å². The van der Waals surface area contributed by atoms with Crippen LogP contribution in [0.1, 0.15) is 0 Å². The first-order valence-electron chi connectivity index (χ1n) is 7.46. The summed E-state index contributed by atoms with van der Waals surface area (Å²) in [7, 11) is -2.07. The number of nitrogens with one attached hydrogen (secondary N) is 1. The molecule has 0 aliphatic rings. The highest BCUT2D eigenvalue weighted by molar-refractivity contribution is 7.89. The van der Waals surface area contributed by atoms with Crippen LogP contribution in [-0.4, -0.2) is 20.5 Å². The summed E-state index contributed by atoms with van der Waals surface area (Å²) in [5.41, 5.74) is 2.70. The first kappa shape index (κ1) is 16.9. The van der Waals surface area contributed by atoms with Gasteiger partial charge in [0.2, 0.25) is 10.0 Å². The maximum Gasteiger partial charge on any atom is 0.238 e. The van der Waals surface area contributed by atoms with Crippen molar-refractivity contribution in [2.45, 2.75) is 4.90 Å². The molecule has 2 aromatic carbocycles. The van der Waals surface area contributed by atoms with Crippen LogP contribution in [0.5, 0.6) is 5.75 Å². The molecule has 0 radical (unpaired) electrons. The summed E-state index contributed by atoms with van der Waals surface area (Å²) in [4.78, 5) is 4.35. The normalized spacial score (nSPS) is 11.1. The van der Waals surface area contributed by atoms with Crippen molar-refractivity contribution >= 4 is 21.5 Å². The number of hydrogen-bond donors (Lipinski definition) is 2. The maximum atomic E-state index is 11.3. The molecule has 25 heavy (non-hydrogen) atoms. The number of anilines is 2. The van der Waals surface area contributed by atoms with Crippen molar-refractivity contribution in [1.29, 1.82) is 0 Å². The van der Waals surface area contributed by atoms with E-state index in [4.69, 9.17) is 9.88 Å². The standard InChI is InChI=1S/C18H17N3O3S/c1-24-16-4-2-3-13(11-16)14-9-10-20-18(12-14)21-15-5-7-17(8-6-15)25(19,22)23/h2-12H,1H3,(H,20,21)(H2,19,22,23). The molecule has 0 aliphatic heterocycles. The minimum Gasteiger partial charge on any atom is -0.497 e. The third-order valence-corrected chi connectivity index (χ3v) is 4.55. The summed E-state index contributed by atoms with van der Waals surface area (Å²) in [5, 5.41) is 8.24. The van der Waals surface area contributed by atoms with Crippen molar-refractivity contribution in [1.82, 2.24) is 4.98 Å². The summed E-state index contributed by atoms with van der Waals surface area (Å²) in [6, 6.07) is 17.7. The summed E-state index contributed by atoms with van der Waals surface area (Å²) >= 11 is 0. The van der Waals surface area contributed by atoms with Crippen LogP contribution < -0.4 is 15.2 Å². The zero-order valence-electron chi connectivity index (χ0n) is 13.5. The van der Waals surface area contributed by atoms with Crippen molar-refractivity contribution in [2.75, 3.05) is 12.4 Å². The average Bonchev–Trinajstić information content (AvgIpc) is 2.62. The Morgan fingerprint density at radius 1 is 1.00 bits per heavy atom. The van der Waals surface area contributed by atoms with E-state index in [0.717, 1.165) is 16.9 Å². The summed E-state index contributed by atoms with van der Waals surface area (Å²) in [6.45, 7) is 0. The van der Waals surface area contributed by atoms with Crippen LogP contribution in [0.2, 0.25) is 0 Å². The Balaban J connectivity index is 1.84. The van der Waals surface area contributed by atoms with Crippen LogP contribution >= 0.6 is 0 Å². The lowest BCUT2D eigenvalue weighted by molar-refractivity contribution is 0.415. The van der Waals surface area contributed by atoms with Gasteiger partial charge in [0.25, 0.3) is 0 Å². The van der Waals surface area contributed by atoms with Crippen LogP contribution in [0.4, 0.5) is 11.5 Å². The lowest BCUT2D eigenvalue weighted by Crippen LogP contribution is -2.11. The van der Waals surface area contributed by atoms with E-state index in [0.29, 0.717) is 11.5 Å². The zero-order valence-corrected chi connectivity index (χ0v) is 14.3. The lowest BCUT2D eigenvalue weighted by atomic mass is 10.1. The first-order valence-corrected chi connectivity index (χ1v) is 9.01. The molecule has 3 aromatic rings. The largest absolute Gasteiger partial charge is 0.497 e. The highest BCUT2D eigenvalue weighted by Crippen LogP contribution is 2.26. The van der Waals surface area contributed by atoms with Gasteiger partial charge in [-0.1, -0.05) is 12.1 Å². The van der Waals surface area contributed by atoms with Gasteiger partial charge in [0, 0.05) is 11.9 Å². The maximum absolute atomic E-state index is 11.3. The molecule has 6 nitrogen and oxygen atoms in total. The van der Waals surface area contributed by atoms with Gasteiger partial charge in [-0.05, 0) is 59.7 Å². The van der Waals surface area contributed by atoms with E-state index in [-0.39, 0.29) is 4.90 Å².